The number of esters is 1. The van der Waals surface area contributed by atoms with Crippen molar-refractivity contribution in [3.8, 4) is 0 Å². The van der Waals surface area contributed by atoms with Crippen molar-refractivity contribution in [2.24, 2.45) is 5.92 Å². The summed E-state index contributed by atoms with van der Waals surface area (Å²) in [5.74, 6) is -0.208. The van der Waals surface area contributed by atoms with Gasteiger partial charge >= 0.3 is 5.97 Å². The number of ether oxygens (including phenoxy) is 1. The molecule has 5 heteroatoms. The molecule has 0 aliphatic heterocycles. The van der Waals surface area contributed by atoms with Gasteiger partial charge in [-0.05, 0) is 49.4 Å². The second-order valence-electron chi connectivity index (χ2n) is 5.02. The van der Waals surface area contributed by atoms with Gasteiger partial charge in [-0.3, -0.25) is 4.79 Å². The molecule has 0 saturated heterocycles. The van der Waals surface area contributed by atoms with Gasteiger partial charge < -0.3 is 15.2 Å². The third-order valence-corrected chi connectivity index (χ3v) is 3.46. The minimum absolute atomic E-state index is 0.204. The highest BCUT2D eigenvalue weighted by atomic mass is 16.5. The Hall–Kier alpha value is -1.88. The molecule has 1 amide bonds. The third kappa shape index (κ3) is 3.81. The van der Waals surface area contributed by atoms with Crippen LogP contribution in [-0.2, 0) is 4.74 Å². The zero-order valence-corrected chi connectivity index (χ0v) is 11.5. The van der Waals surface area contributed by atoms with E-state index in [1.54, 1.807) is 24.3 Å². The molecular weight excluding hydrogens is 258 g/mol. The van der Waals surface area contributed by atoms with Crippen LogP contribution in [0.1, 0.15) is 40.0 Å². The van der Waals surface area contributed by atoms with Crippen molar-refractivity contribution in [2.45, 2.75) is 25.4 Å². The number of carbonyl (C=O) groups excluding carboxylic acids is 2. The maximum absolute atomic E-state index is 11.9. The number of nitrogens with one attached hydrogen (secondary N) is 1. The van der Waals surface area contributed by atoms with E-state index in [1.165, 1.54) is 7.11 Å². The molecule has 2 rings (SSSR count). The Balaban J connectivity index is 1.81. The van der Waals surface area contributed by atoms with Crippen LogP contribution < -0.4 is 5.32 Å². The van der Waals surface area contributed by atoms with E-state index in [1.807, 2.05) is 0 Å². The Morgan fingerprint density at radius 3 is 2.45 bits per heavy atom. The molecule has 1 aromatic rings. The summed E-state index contributed by atoms with van der Waals surface area (Å²) in [5, 5.41) is 12.5. The third-order valence-electron chi connectivity index (χ3n) is 3.46. The first-order valence-corrected chi connectivity index (χ1v) is 6.76. The van der Waals surface area contributed by atoms with E-state index in [-0.39, 0.29) is 12.0 Å². The summed E-state index contributed by atoms with van der Waals surface area (Å²) in [6.07, 6.45) is 2.45. The Morgan fingerprint density at radius 2 is 1.90 bits per heavy atom. The fraction of sp³-hybridized carbons (Fsp3) is 0.467. The molecule has 1 fully saturated rings. The molecule has 0 radical (unpaired) electrons. The summed E-state index contributed by atoms with van der Waals surface area (Å²) in [5.41, 5.74) is 0.895. The lowest BCUT2D eigenvalue weighted by Crippen LogP contribution is -2.27. The normalized spacial score (nSPS) is 15.5. The van der Waals surface area contributed by atoms with Crippen molar-refractivity contribution in [1.29, 1.82) is 0 Å². The summed E-state index contributed by atoms with van der Waals surface area (Å²) in [7, 11) is 1.31. The summed E-state index contributed by atoms with van der Waals surface area (Å²) in [6.45, 7) is 0.454. The van der Waals surface area contributed by atoms with Crippen LogP contribution in [0.3, 0.4) is 0 Å². The Morgan fingerprint density at radius 1 is 1.30 bits per heavy atom. The number of rotatable bonds is 6. The van der Waals surface area contributed by atoms with Crippen LogP contribution in [0.4, 0.5) is 0 Å². The molecule has 0 spiro atoms. The first kappa shape index (κ1) is 14.5. The second-order valence-corrected chi connectivity index (χ2v) is 5.02. The lowest BCUT2D eigenvalue weighted by atomic mass is 10.1. The van der Waals surface area contributed by atoms with Crippen molar-refractivity contribution in [3.63, 3.8) is 0 Å². The van der Waals surface area contributed by atoms with E-state index in [2.05, 4.69) is 10.1 Å². The topological polar surface area (TPSA) is 75.6 Å². The van der Waals surface area contributed by atoms with Crippen LogP contribution in [0.15, 0.2) is 24.3 Å². The molecule has 1 aliphatic carbocycles. The standard InChI is InChI=1S/C15H19NO4/c1-20-15(19)12-6-4-11(5-7-12)14(18)16-9-8-13(17)10-2-3-10/h4-7,10,13,17H,2-3,8-9H2,1H3,(H,16,18). The predicted octanol–water partition coefficient (Wildman–Crippen LogP) is 1.36. The van der Waals surface area contributed by atoms with E-state index in [4.69, 9.17) is 0 Å². The largest absolute Gasteiger partial charge is 0.465 e. The van der Waals surface area contributed by atoms with Gasteiger partial charge in [-0.2, -0.15) is 0 Å². The summed E-state index contributed by atoms with van der Waals surface area (Å²) in [4.78, 5) is 23.1. The molecule has 1 saturated carbocycles. The van der Waals surface area contributed by atoms with Crippen molar-refractivity contribution < 1.29 is 19.4 Å². The van der Waals surface area contributed by atoms with Gasteiger partial charge in [0.05, 0.1) is 18.8 Å². The average Bonchev–Trinajstić information content (AvgIpc) is 3.31. The molecule has 1 aromatic carbocycles. The Kier molecular flexibility index (Phi) is 4.74. The van der Waals surface area contributed by atoms with Gasteiger partial charge in [0.2, 0.25) is 0 Å². The minimum atomic E-state index is -0.426. The monoisotopic (exact) mass is 277 g/mol. The SMILES string of the molecule is COC(=O)c1ccc(C(=O)NCCC(O)C2CC2)cc1. The summed E-state index contributed by atoms with van der Waals surface area (Å²) < 4.78 is 4.59. The number of hydrogen-bond acceptors (Lipinski definition) is 4. The van der Waals surface area contributed by atoms with Gasteiger partial charge in [0.15, 0.2) is 0 Å². The molecule has 0 heterocycles. The Bertz CT molecular complexity index is 479. The van der Waals surface area contributed by atoms with Gasteiger partial charge in [0.1, 0.15) is 0 Å². The fourth-order valence-electron chi connectivity index (χ4n) is 2.03. The average molecular weight is 277 g/mol. The fourth-order valence-corrected chi connectivity index (χ4v) is 2.03. The summed E-state index contributed by atoms with van der Waals surface area (Å²) >= 11 is 0. The predicted molar refractivity (Wildman–Crippen MR) is 73.5 cm³/mol. The van der Waals surface area contributed by atoms with Gasteiger partial charge in [-0.15, -0.1) is 0 Å². The first-order valence-electron chi connectivity index (χ1n) is 6.76. The molecule has 0 aromatic heterocycles. The van der Waals surface area contributed by atoms with E-state index < -0.39 is 5.97 Å². The van der Waals surface area contributed by atoms with Crippen LogP contribution in [0, 0.1) is 5.92 Å². The smallest absolute Gasteiger partial charge is 0.337 e. The lowest BCUT2D eigenvalue weighted by Gasteiger charge is -2.10. The number of methoxy groups -OCH3 is 1. The van der Waals surface area contributed by atoms with Crippen molar-refractivity contribution in [2.75, 3.05) is 13.7 Å². The van der Waals surface area contributed by atoms with Gasteiger partial charge in [0, 0.05) is 12.1 Å². The maximum Gasteiger partial charge on any atom is 0.337 e. The quantitative estimate of drug-likeness (QED) is 0.770. The molecule has 108 valence electrons. The van der Waals surface area contributed by atoms with Gasteiger partial charge in [-0.25, -0.2) is 4.79 Å². The molecule has 2 N–H and O–H groups in total. The summed E-state index contributed by atoms with van der Waals surface area (Å²) in [6, 6.07) is 6.28. The number of aliphatic hydroxyl groups excluding tert-OH is 1. The van der Waals surface area contributed by atoms with E-state index in [0.717, 1.165) is 12.8 Å². The number of hydrogen-bond donors (Lipinski definition) is 2. The van der Waals surface area contributed by atoms with Crippen LogP contribution in [0.5, 0.6) is 0 Å². The zero-order valence-electron chi connectivity index (χ0n) is 11.5. The highest BCUT2D eigenvalue weighted by molar-refractivity contribution is 5.96. The molecule has 1 atom stereocenters. The van der Waals surface area contributed by atoms with Gasteiger partial charge in [-0.1, -0.05) is 0 Å². The molecule has 5 nitrogen and oxygen atoms in total. The van der Waals surface area contributed by atoms with Crippen molar-refractivity contribution in [3.05, 3.63) is 35.4 Å². The highest BCUT2D eigenvalue weighted by Crippen LogP contribution is 2.33. The number of amides is 1. The molecule has 0 bridgehead atoms. The molecule has 20 heavy (non-hydrogen) atoms. The highest BCUT2D eigenvalue weighted by Gasteiger charge is 2.29. The van der Waals surface area contributed by atoms with Crippen LogP contribution in [0.2, 0.25) is 0 Å². The minimum Gasteiger partial charge on any atom is -0.465 e. The van der Waals surface area contributed by atoms with Crippen LogP contribution in [-0.4, -0.2) is 36.7 Å². The lowest BCUT2D eigenvalue weighted by molar-refractivity contribution is 0.0600. The van der Waals surface area contributed by atoms with Crippen LogP contribution >= 0.6 is 0 Å². The molecule has 1 aliphatic rings. The number of carbonyl (C=O) groups is 2. The number of benzene rings is 1. The maximum atomic E-state index is 11.9. The van der Waals surface area contributed by atoms with Crippen molar-refractivity contribution >= 4 is 11.9 Å². The Labute approximate surface area is 117 Å². The van der Waals surface area contributed by atoms with E-state index in [9.17, 15) is 14.7 Å². The van der Waals surface area contributed by atoms with E-state index >= 15 is 0 Å². The zero-order chi connectivity index (χ0) is 14.5. The number of aliphatic hydroxyl groups is 1. The van der Waals surface area contributed by atoms with Gasteiger partial charge in [0.25, 0.3) is 5.91 Å². The van der Waals surface area contributed by atoms with Crippen molar-refractivity contribution in [1.82, 2.24) is 5.32 Å². The van der Waals surface area contributed by atoms with E-state index in [0.29, 0.717) is 30.0 Å². The second kappa shape index (κ2) is 6.52. The molecular formula is C15H19NO4. The van der Waals surface area contributed by atoms with Crippen LogP contribution in [0.25, 0.3) is 0 Å². The first-order chi connectivity index (χ1) is 9.61. The molecule has 1 unspecified atom stereocenters.